The van der Waals surface area contributed by atoms with E-state index < -0.39 is 17.0 Å². The number of carboxylic acids is 1. The molecule has 0 aromatic carbocycles. The molecule has 2 fully saturated rings. The van der Waals surface area contributed by atoms with Crippen LogP contribution in [0.1, 0.15) is 117 Å². The molecule has 4 nitrogen and oxygen atoms in total. The van der Waals surface area contributed by atoms with Crippen molar-refractivity contribution < 1.29 is 19.4 Å². The summed E-state index contributed by atoms with van der Waals surface area (Å²) in [4.78, 5) is 21.4. The lowest BCUT2D eigenvalue weighted by Gasteiger charge is -2.30. The van der Waals surface area contributed by atoms with E-state index in [1.807, 2.05) is 0 Å². The SMILES string of the molecule is CC(C)(C)OC(=O)Cl.O=C(O)C1CCCCCCCCCC2(CCCC2)CC1. The fourth-order valence-corrected chi connectivity index (χ4v) is 4.87. The predicted molar refractivity (Wildman–Crippen MR) is 115 cm³/mol. The lowest BCUT2D eigenvalue weighted by atomic mass is 9.75. The first kappa shape index (κ1) is 25.3. The topological polar surface area (TPSA) is 63.6 Å². The van der Waals surface area contributed by atoms with Crippen molar-refractivity contribution in [2.75, 3.05) is 0 Å². The van der Waals surface area contributed by atoms with E-state index in [9.17, 15) is 14.7 Å². The molecule has 1 spiro atoms. The van der Waals surface area contributed by atoms with Gasteiger partial charge in [0.05, 0.1) is 5.92 Å². The Morgan fingerprint density at radius 1 is 0.821 bits per heavy atom. The van der Waals surface area contributed by atoms with Gasteiger partial charge in [-0.1, -0.05) is 57.8 Å². The van der Waals surface area contributed by atoms with E-state index in [1.165, 1.54) is 77.0 Å². The Morgan fingerprint density at radius 2 is 1.29 bits per heavy atom. The highest BCUT2D eigenvalue weighted by Gasteiger charge is 2.34. The highest BCUT2D eigenvalue weighted by atomic mass is 35.5. The fraction of sp³-hybridized carbons (Fsp3) is 0.913. The van der Waals surface area contributed by atoms with Gasteiger partial charge in [-0.3, -0.25) is 4.79 Å². The minimum atomic E-state index is -0.752. The molecular weight excluding hydrogens is 376 g/mol. The Labute approximate surface area is 176 Å². The van der Waals surface area contributed by atoms with Crippen LogP contribution in [0.5, 0.6) is 0 Å². The van der Waals surface area contributed by atoms with E-state index in [2.05, 4.69) is 4.74 Å². The van der Waals surface area contributed by atoms with E-state index in [0.717, 1.165) is 19.3 Å². The standard InChI is InChI=1S/C18H32O2.C5H9ClO2/c19-17(20)16-10-6-4-2-1-3-5-7-12-18(15-11-16)13-8-9-14-18;1-5(2,3)8-4(6)7/h16H,1-15H2,(H,19,20);1-3H3. The number of halogens is 1. The Morgan fingerprint density at radius 3 is 1.71 bits per heavy atom. The Hall–Kier alpha value is -0.770. The van der Waals surface area contributed by atoms with Crippen molar-refractivity contribution in [3.05, 3.63) is 0 Å². The number of aliphatic carboxylic acids is 1. The summed E-state index contributed by atoms with van der Waals surface area (Å²) in [5.74, 6) is -0.624. The lowest BCUT2D eigenvalue weighted by Crippen LogP contribution is -2.21. The zero-order valence-electron chi connectivity index (χ0n) is 18.2. The van der Waals surface area contributed by atoms with Crippen molar-refractivity contribution >= 4 is 23.0 Å². The van der Waals surface area contributed by atoms with E-state index in [0.29, 0.717) is 5.41 Å². The Bertz CT molecular complexity index is 464. The number of ether oxygens (including phenoxy) is 1. The molecule has 28 heavy (non-hydrogen) atoms. The number of hydrogen-bond donors (Lipinski definition) is 1. The predicted octanol–water partition coefficient (Wildman–Crippen LogP) is 7.71. The molecule has 0 bridgehead atoms. The number of carbonyl (C=O) groups is 2. The van der Waals surface area contributed by atoms with Gasteiger partial charge >= 0.3 is 11.4 Å². The molecule has 2 saturated carbocycles. The van der Waals surface area contributed by atoms with Crippen LogP contribution in [0.4, 0.5) is 4.79 Å². The molecule has 0 aromatic heterocycles. The molecule has 2 aliphatic carbocycles. The van der Waals surface area contributed by atoms with E-state index in [-0.39, 0.29) is 5.92 Å². The van der Waals surface area contributed by atoms with Crippen LogP contribution < -0.4 is 0 Å². The van der Waals surface area contributed by atoms with Gasteiger partial charge in [-0.15, -0.1) is 0 Å². The van der Waals surface area contributed by atoms with Gasteiger partial charge < -0.3 is 9.84 Å². The molecular formula is C23H41ClO4. The summed E-state index contributed by atoms with van der Waals surface area (Å²) in [7, 11) is 0. The summed E-state index contributed by atoms with van der Waals surface area (Å²) in [5, 5.41) is 9.43. The number of hydrogen-bond acceptors (Lipinski definition) is 3. The van der Waals surface area contributed by atoms with Crippen LogP contribution in [0.25, 0.3) is 0 Å². The summed E-state index contributed by atoms with van der Waals surface area (Å²) in [5.41, 5.74) is -0.696. The minimum absolute atomic E-state index is 0.0757. The highest BCUT2D eigenvalue weighted by Crippen LogP contribution is 2.47. The summed E-state index contributed by atoms with van der Waals surface area (Å²) in [6.45, 7) is 5.27. The molecule has 0 radical (unpaired) electrons. The maximum absolute atomic E-state index is 11.4. The van der Waals surface area contributed by atoms with Crippen molar-refractivity contribution in [2.45, 2.75) is 123 Å². The van der Waals surface area contributed by atoms with Crippen molar-refractivity contribution in [2.24, 2.45) is 11.3 Å². The highest BCUT2D eigenvalue weighted by molar-refractivity contribution is 6.61. The van der Waals surface area contributed by atoms with Crippen LogP contribution in [-0.2, 0) is 9.53 Å². The molecule has 0 aliphatic heterocycles. The van der Waals surface area contributed by atoms with Crippen LogP contribution in [-0.4, -0.2) is 22.1 Å². The lowest BCUT2D eigenvalue weighted by molar-refractivity contribution is -0.142. The third kappa shape index (κ3) is 11.3. The van der Waals surface area contributed by atoms with Crippen LogP contribution in [0.2, 0.25) is 0 Å². The second-order valence-corrected chi connectivity index (χ2v) is 10.1. The van der Waals surface area contributed by atoms with E-state index >= 15 is 0 Å². The third-order valence-electron chi connectivity index (χ3n) is 6.18. The largest absolute Gasteiger partial charge is 0.481 e. The van der Waals surface area contributed by atoms with Gasteiger partial charge in [0.25, 0.3) is 0 Å². The molecule has 0 amide bonds. The molecule has 0 aromatic rings. The van der Waals surface area contributed by atoms with Gasteiger partial charge in [0.2, 0.25) is 0 Å². The molecule has 2 rings (SSSR count). The first-order chi connectivity index (χ1) is 13.1. The molecule has 5 heteroatoms. The maximum atomic E-state index is 11.4. The first-order valence-electron chi connectivity index (χ1n) is 11.2. The smallest absolute Gasteiger partial charge is 0.404 e. The summed E-state index contributed by atoms with van der Waals surface area (Å²) in [6.07, 6.45) is 19.0. The zero-order chi connectivity index (χ0) is 21.0. The van der Waals surface area contributed by atoms with Crippen LogP contribution in [0.15, 0.2) is 0 Å². The summed E-state index contributed by atoms with van der Waals surface area (Å²) in [6, 6.07) is 0. The Kier molecular flexibility index (Phi) is 11.5. The monoisotopic (exact) mass is 416 g/mol. The second-order valence-electron chi connectivity index (χ2n) is 9.75. The van der Waals surface area contributed by atoms with Crippen molar-refractivity contribution in [3.8, 4) is 0 Å². The van der Waals surface area contributed by atoms with Crippen LogP contribution in [0, 0.1) is 11.3 Å². The van der Waals surface area contributed by atoms with Gasteiger partial charge in [-0.2, -0.15) is 0 Å². The average molecular weight is 417 g/mol. The third-order valence-corrected chi connectivity index (χ3v) is 6.26. The van der Waals surface area contributed by atoms with Crippen LogP contribution in [0.3, 0.4) is 0 Å². The molecule has 2 aliphatic rings. The minimum Gasteiger partial charge on any atom is -0.481 e. The molecule has 0 heterocycles. The first-order valence-corrected chi connectivity index (χ1v) is 11.6. The molecule has 164 valence electrons. The van der Waals surface area contributed by atoms with E-state index in [1.54, 1.807) is 20.8 Å². The van der Waals surface area contributed by atoms with Gasteiger partial charge in [-0.25, -0.2) is 4.79 Å². The quantitative estimate of drug-likeness (QED) is 0.444. The zero-order valence-corrected chi connectivity index (χ0v) is 19.0. The van der Waals surface area contributed by atoms with Crippen LogP contribution >= 0.6 is 11.6 Å². The van der Waals surface area contributed by atoms with Gasteiger partial charge in [0, 0.05) is 11.6 Å². The van der Waals surface area contributed by atoms with Gasteiger partial charge in [0.1, 0.15) is 5.60 Å². The fourth-order valence-electron chi connectivity index (χ4n) is 4.64. The number of carbonyl (C=O) groups excluding carboxylic acids is 1. The van der Waals surface area contributed by atoms with Gasteiger partial charge in [-0.05, 0) is 64.7 Å². The van der Waals surface area contributed by atoms with E-state index in [4.69, 9.17) is 11.6 Å². The summed E-state index contributed by atoms with van der Waals surface area (Å²) >= 11 is 4.90. The maximum Gasteiger partial charge on any atom is 0.404 e. The Balaban J connectivity index is 0.000000416. The molecule has 1 N–H and O–H groups in total. The average Bonchev–Trinajstić information content (AvgIpc) is 3.03. The second kappa shape index (κ2) is 12.7. The summed E-state index contributed by atoms with van der Waals surface area (Å²) < 4.78 is 4.56. The number of carboxylic acid groups (broad SMARTS) is 1. The molecule has 1 unspecified atom stereocenters. The van der Waals surface area contributed by atoms with Crippen molar-refractivity contribution in [3.63, 3.8) is 0 Å². The molecule has 1 atom stereocenters. The molecule has 0 saturated heterocycles. The van der Waals surface area contributed by atoms with Crippen molar-refractivity contribution in [1.82, 2.24) is 0 Å². The van der Waals surface area contributed by atoms with Gasteiger partial charge in [0.15, 0.2) is 0 Å². The van der Waals surface area contributed by atoms with Crippen molar-refractivity contribution in [1.29, 1.82) is 0 Å². The number of rotatable bonds is 1. The normalized spacial score (nSPS) is 24.1.